The van der Waals surface area contributed by atoms with Crippen LogP contribution in [0.5, 0.6) is 0 Å². The van der Waals surface area contributed by atoms with Gasteiger partial charge in [-0.25, -0.2) is 9.37 Å². The molecule has 23 heavy (non-hydrogen) atoms. The van der Waals surface area contributed by atoms with Crippen LogP contribution in [0.15, 0.2) is 42.5 Å². The normalized spacial score (nSPS) is 18.1. The van der Waals surface area contributed by atoms with Crippen LogP contribution in [-0.2, 0) is 0 Å². The third kappa shape index (κ3) is 3.16. The van der Waals surface area contributed by atoms with Crippen LogP contribution in [0.1, 0.15) is 17.3 Å². The van der Waals surface area contributed by atoms with Crippen LogP contribution in [0.3, 0.4) is 0 Å². The first-order valence-corrected chi connectivity index (χ1v) is 7.49. The molecule has 2 heterocycles. The summed E-state index contributed by atoms with van der Waals surface area (Å²) in [7, 11) is 0. The average molecular weight is 317 g/mol. The Labute approximate surface area is 133 Å². The fraction of sp³-hybridized carbons (Fsp3) is 0.294. The fourth-order valence-electron chi connectivity index (χ4n) is 2.84. The van der Waals surface area contributed by atoms with Crippen molar-refractivity contribution in [2.24, 2.45) is 0 Å². The Balaban J connectivity index is 1.74. The van der Waals surface area contributed by atoms with Crippen LogP contribution in [0, 0.1) is 11.8 Å². The van der Waals surface area contributed by atoms with E-state index in [0.29, 0.717) is 25.5 Å². The molecule has 0 spiro atoms. The van der Waals surface area contributed by atoms with E-state index in [0.717, 1.165) is 0 Å². The summed E-state index contributed by atoms with van der Waals surface area (Å²) in [4.78, 5) is 19.9. The van der Waals surface area contributed by atoms with Crippen molar-refractivity contribution in [3.05, 3.63) is 59.8 Å². The first kappa shape index (κ1) is 15.4. The van der Waals surface area contributed by atoms with Crippen LogP contribution in [0.4, 0.5) is 14.6 Å². The number of carbonyl (C=O) groups is 1. The summed E-state index contributed by atoms with van der Waals surface area (Å²) in [6, 6.07) is 10.6. The molecule has 1 atom stereocenters. The van der Waals surface area contributed by atoms with E-state index in [-0.39, 0.29) is 17.5 Å². The third-order valence-electron chi connectivity index (χ3n) is 4.01. The molecule has 0 N–H and O–H groups in total. The van der Waals surface area contributed by atoms with Gasteiger partial charge in [0.25, 0.3) is 5.91 Å². The maximum atomic E-state index is 13.8. The largest absolute Gasteiger partial charge is 0.350 e. The summed E-state index contributed by atoms with van der Waals surface area (Å²) in [5.74, 6) is -0.809. The number of hydrogen-bond donors (Lipinski definition) is 0. The van der Waals surface area contributed by atoms with E-state index in [4.69, 9.17) is 0 Å². The van der Waals surface area contributed by atoms with Gasteiger partial charge in [-0.05, 0) is 31.2 Å². The lowest BCUT2D eigenvalue weighted by atomic mass is 10.1. The number of nitrogens with zero attached hydrogens (tertiary/aromatic N) is 3. The van der Waals surface area contributed by atoms with Crippen molar-refractivity contribution in [1.29, 1.82) is 0 Å². The second-order valence-electron chi connectivity index (χ2n) is 5.59. The number of aromatic nitrogens is 1. The third-order valence-corrected chi connectivity index (χ3v) is 4.01. The molecule has 1 unspecified atom stereocenters. The average Bonchev–Trinajstić information content (AvgIpc) is 2.54. The highest BCUT2D eigenvalue weighted by molar-refractivity contribution is 5.94. The molecule has 4 nitrogen and oxygen atoms in total. The first-order chi connectivity index (χ1) is 11.1. The lowest BCUT2D eigenvalue weighted by molar-refractivity contribution is 0.0721. The molecule has 0 saturated carbocycles. The SMILES string of the molecule is CC1CN(C(=O)c2ccccc2F)CCN1c1cccc(F)n1. The van der Waals surface area contributed by atoms with Gasteiger partial charge in [-0.2, -0.15) is 4.39 Å². The van der Waals surface area contributed by atoms with Gasteiger partial charge in [-0.15, -0.1) is 0 Å². The highest BCUT2D eigenvalue weighted by Gasteiger charge is 2.29. The van der Waals surface area contributed by atoms with Gasteiger partial charge in [-0.3, -0.25) is 4.79 Å². The van der Waals surface area contributed by atoms with Crippen LogP contribution in [0.25, 0.3) is 0 Å². The van der Waals surface area contributed by atoms with E-state index in [1.807, 2.05) is 11.8 Å². The standard InChI is InChI=1S/C17H17F2N3O/c1-12-11-21(17(23)13-5-2-3-6-14(13)18)9-10-22(12)16-8-4-7-15(19)20-16/h2-8,12H,9-11H2,1H3. The van der Waals surface area contributed by atoms with E-state index in [1.54, 1.807) is 29.2 Å². The predicted octanol–water partition coefficient (Wildman–Crippen LogP) is 2.71. The summed E-state index contributed by atoms with van der Waals surface area (Å²) in [6.45, 7) is 3.34. The van der Waals surface area contributed by atoms with Gasteiger partial charge in [0.05, 0.1) is 5.56 Å². The lowest BCUT2D eigenvalue weighted by Crippen LogP contribution is -2.54. The molecular formula is C17H17F2N3O. The van der Waals surface area contributed by atoms with Crippen LogP contribution in [-0.4, -0.2) is 41.5 Å². The summed E-state index contributed by atoms with van der Waals surface area (Å²) >= 11 is 0. The van der Waals surface area contributed by atoms with Gasteiger partial charge in [-0.1, -0.05) is 18.2 Å². The molecule has 6 heteroatoms. The molecule has 1 aromatic carbocycles. The van der Waals surface area contributed by atoms with E-state index in [9.17, 15) is 13.6 Å². The maximum absolute atomic E-state index is 13.8. The molecule has 3 rings (SSSR count). The van der Waals surface area contributed by atoms with Gasteiger partial charge in [0.15, 0.2) is 0 Å². The van der Waals surface area contributed by atoms with Crippen molar-refractivity contribution in [1.82, 2.24) is 9.88 Å². The number of benzene rings is 1. The van der Waals surface area contributed by atoms with Crippen molar-refractivity contribution in [3.63, 3.8) is 0 Å². The minimum atomic E-state index is -0.528. The highest BCUT2D eigenvalue weighted by Crippen LogP contribution is 2.20. The number of pyridine rings is 1. The molecule has 0 bridgehead atoms. The van der Waals surface area contributed by atoms with Crippen molar-refractivity contribution < 1.29 is 13.6 Å². The number of halogens is 2. The lowest BCUT2D eigenvalue weighted by Gasteiger charge is -2.40. The Morgan fingerprint density at radius 1 is 1.13 bits per heavy atom. The molecule has 1 aliphatic rings. The van der Waals surface area contributed by atoms with Crippen molar-refractivity contribution >= 4 is 11.7 Å². The van der Waals surface area contributed by atoms with Gasteiger partial charge in [0, 0.05) is 25.7 Å². The van der Waals surface area contributed by atoms with Crippen molar-refractivity contribution in [3.8, 4) is 0 Å². The monoisotopic (exact) mass is 317 g/mol. The van der Waals surface area contributed by atoms with Crippen LogP contribution < -0.4 is 4.90 Å². The zero-order valence-corrected chi connectivity index (χ0v) is 12.7. The summed E-state index contributed by atoms with van der Waals surface area (Å²) < 4.78 is 27.0. The fourth-order valence-corrected chi connectivity index (χ4v) is 2.84. The van der Waals surface area contributed by atoms with E-state index >= 15 is 0 Å². The Morgan fingerprint density at radius 2 is 1.91 bits per heavy atom. The Hall–Kier alpha value is -2.50. The molecular weight excluding hydrogens is 300 g/mol. The number of piperazine rings is 1. The molecule has 0 radical (unpaired) electrons. The van der Waals surface area contributed by atoms with Crippen LogP contribution >= 0.6 is 0 Å². The topological polar surface area (TPSA) is 36.4 Å². The summed E-state index contributed by atoms with van der Waals surface area (Å²) in [5.41, 5.74) is 0.0806. The van der Waals surface area contributed by atoms with E-state index in [1.165, 1.54) is 18.2 Å². The molecule has 1 aliphatic heterocycles. The van der Waals surface area contributed by atoms with Crippen molar-refractivity contribution in [2.75, 3.05) is 24.5 Å². The maximum Gasteiger partial charge on any atom is 0.256 e. The second-order valence-corrected chi connectivity index (χ2v) is 5.59. The van der Waals surface area contributed by atoms with Gasteiger partial charge in [0.1, 0.15) is 11.6 Å². The molecule has 120 valence electrons. The number of amides is 1. The first-order valence-electron chi connectivity index (χ1n) is 7.49. The van der Waals surface area contributed by atoms with Gasteiger partial charge < -0.3 is 9.80 Å². The molecule has 1 amide bonds. The predicted molar refractivity (Wildman–Crippen MR) is 83.3 cm³/mol. The summed E-state index contributed by atoms with van der Waals surface area (Å²) in [5, 5.41) is 0. The number of rotatable bonds is 2. The van der Waals surface area contributed by atoms with Gasteiger partial charge in [0.2, 0.25) is 5.95 Å². The minimum Gasteiger partial charge on any atom is -0.350 e. The molecule has 1 fully saturated rings. The molecule has 2 aromatic rings. The van der Waals surface area contributed by atoms with Gasteiger partial charge >= 0.3 is 0 Å². The van der Waals surface area contributed by atoms with Crippen molar-refractivity contribution in [2.45, 2.75) is 13.0 Å². The Kier molecular flexibility index (Phi) is 4.23. The Bertz CT molecular complexity index is 722. The molecule has 0 aliphatic carbocycles. The number of anilines is 1. The number of hydrogen-bond acceptors (Lipinski definition) is 3. The minimum absolute atomic E-state index is 0.0335. The zero-order chi connectivity index (χ0) is 16.4. The Morgan fingerprint density at radius 3 is 2.61 bits per heavy atom. The van der Waals surface area contributed by atoms with E-state index in [2.05, 4.69) is 4.98 Å². The second kappa shape index (κ2) is 6.32. The summed E-state index contributed by atoms with van der Waals surface area (Å²) in [6.07, 6.45) is 0. The quantitative estimate of drug-likeness (QED) is 0.799. The molecule has 1 aromatic heterocycles. The van der Waals surface area contributed by atoms with E-state index < -0.39 is 11.8 Å². The molecule has 1 saturated heterocycles. The number of carbonyl (C=O) groups excluding carboxylic acids is 1. The van der Waals surface area contributed by atoms with Crippen LogP contribution in [0.2, 0.25) is 0 Å². The zero-order valence-electron chi connectivity index (χ0n) is 12.7. The highest BCUT2D eigenvalue weighted by atomic mass is 19.1. The smallest absolute Gasteiger partial charge is 0.256 e.